The smallest absolute Gasteiger partial charge is 0.341 e. The Morgan fingerprint density at radius 3 is 2.56 bits per heavy atom. The van der Waals surface area contributed by atoms with E-state index >= 15 is 0 Å². The van der Waals surface area contributed by atoms with E-state index in [9.17, 15) is 14.0 Å². The van der Waals surface area contributed by atoms with E-state index in [1.165, 1.54) is 6.07 Å². The van der Waals surface area contributed by atoms with Crippen LogP contribution in [0.2, 0.25) is 0 Å². The third-order valence-corrected chi connectivity index (χ3v) is 4.79. The number of aromatic amines is 1. The van der Waals surface area contributed by atoms with Crippen LogP contribution in [0.3, 0.4) is 0 Å². The van der Waals surface area contributed by atoms with Crippen LogP contribution in [0.15, 0.2) is 45.7 Å². The van der Waals surface area contributed by atoms with Crippen LogP contribution in [0.25, 0.3) is 10.9 Å². The molecule has 1 heterocycles. The fourth-order valence-electron chi connectivity index (χ4n) is 2.97. The van der Waals surface area contributed by atoms with E-state index < -0.39 is 18.4 Å². The summed E-state index contributed by atoms with van der Waals surface area (Å²) in [6, 6.07) is 10.0. The fourth-order valence-corrected chi connectivity index (χ4v) is 3.24. The number of rotatable bonds is 6. The number of carboxylic acid groups (broad SMARTS) is 1. The minimum atomic E-state index is -1.18. The van der Waals surface area contributed by atoms with Crippen molar-refractivity contribution >= 4 is 32.8 Å². The van der Waals surface area contributed by atoms with Crippen LogP contribution in [-0.4, -0.2) is 22.7 Å². The van der Waals surface area contributed by atoms with Crippen LogP contribution in [-0.2, 0) is 17.6 Å². The molecule has 0 saturated carbocycles. The quantitative estimate of drug-likeness (QED) is 0.614. The molecule has 0 bridgehead atoms. The van der Waals surface area contributed by atoms with Gasteiger partial charge >= 0.3 is 5.97 Å². The molecule has 0 unspecified atom stereocenters. The zero-order chi connectivity index (χ0) is 19.6. The van der Waals surface area contributed by atoms with Crippen molar-refractivity contribution in [3.63, 3.8) is 0 Å². The number of hydrogen-bond donors (Lipinski definition) is 2. The Morgan fingerprint density at radius 2 is 1.93 bits per heavy atom. The van der Waals surface area contributed by atoms with Crippen LogP contribution in [0.5, 0.6) is 5.75 Å². The van der Waals surface area contributed by atoms with Crippen LogP contribution in [0.1, 0.15) is 23.7 Å². The van der Waals surface area contributed by atoms with Gasteiger partial charge in [0, 0.05) is 22.2 Å². The number of carbonyl (C=O) groups is 1. The van der Waals surface area contributed by atoms with E-state index in [1.54, 1.807) is 0 Å². The molecule has 27 heavy (non-hydrogen) atoms. The molecule has 2 aromatic carbocycles. The SMILES string of the molecule is CCc1[nH]c2c(F)ccc(OCC(=O)O)c2c(=O)c1Cc1ccc(Br)cc1. The van der Waals surface area contributed by atoms with Gasteiger partial charge in [-0.25, -0.2) is 9.18 Å². The van der Waals surface area contributed by atoms with Gasteiger partial charge in [0.2, 0.25) is 0 Å². The van der Waals surface area contributed by atoms with E-state index in [0.29, 0.717) is 24.1 Å². The highest BCUT2D eigenvalue weighted by Gasteiger charge is 2.18. The van der Waals surface area contributed by atoms with E-state index in [-0.39, 0.29) is 22.1 Å². The molecule has 0 aliphatic rings. The van der Waals surface area contributed by atoms with Crippen molar-refractivity contribution in [3.05, 3.63) is 73.7 Å². The summed E-state index contributed by atoms with van der Waals surface area (Å²) in [6.45, 7) is 1.27. The predicted octanol–water partition coefficient (Wildman–Crippen LogP) is 4.05. The number of aryl methyl sites for hydroxylation is 1. The van der Waals surface area contributed by atoms with Gasteiger partial charge in [-0.2, -0.15) is 0 Å². The molecule has 0 aliphatic carbocycles. The summed E-state index contributed by atoms with van der Waals surface area (Å²) in [4.78, 5) is 27.0. The molecule has 0 amide bonds. The lowest BCUT2D eigenvalue weighted by atomic mass is 9.99. The summed E-state index contributed by atoms with van der Waals surface area (Å²) in [5.41, 5.74) is 1.76. The second kappa shape index (κ2) is 7.92. The number of H-pyrrole nitrogens is 1. The number of ether oxygens (including phenoxy) is 1. The van der Waals surface area contributed by atoms with Gasteiger partial charge < -0.3 is 14.8 Å². The highest BCUT2D eigenvalue weighted by Crippen LogP contribution is 2.26. The molecule has 0 radical (unpaired) electrons. The minimum Gasteiger partial charge on any atom is -0.481 e. The van der Waals surface area contributed by atoms with Crippen LogP contribution < -0.4 is 10.2 Å². The molecule has 140 valence electrons. The first kappa shape index (κ1) is 19.1. The van der Waals surface area contributed by atoms with Crippen LogP contribution in [0, 0.1) is 5.82 Å². The maximum Gasteiger partial charge on any atom is 0.341 e. The number of nitrogens with one attached hydrogen (secondary N) is 1. The molecule has 0 spiro atoms. The van der Waals surface area contributed by atoms with E-state index in [1.807, 2.05) is 31.2 Å². The molecule has 1 aromatic heterocycles. The summed E-state index contributed by atoms with van der Waals surface area (Å²) < 4.78 is 20.5. The summed E-state index contributed by atoms with van der Waals surface area (Å²) in [6.07, 6.45) is 0.896. The Bertz CT molecular complexity index is 1060. The number of pyridine rings is 1. The first-order valence-electron chi connectivity index (χ1n) is 8.36. The molecule has 0 saturated heterocycles. The monoisotopic (exact) mass is 433 g/mol. The minimum absolute atomic E-state index is 0.0271. The molecule has 3 aromatic rings. The first-order chi connectivity index (χ1) is 12.9. The van der Waals surface area contributed by atoms with Gasteiger partial charge in [-0.05, 0) is 36.2 Å². The third-order valence-electron chi connectivity index (χ3n) is 4.26. The summed E-state index contributed by atoms with van der Waals surface area (Å²) in [5, 5.41) is 8.86. The largest absolute Gasteiger partial charge is 0.481 e. The second-order valence-corrected chi connectivity index (χ2v) is 6.96. The first-order valence-corrected chi connectivity index (χ1v) is 9.15. The number of halogens is 2. The summed E-state index contributed by atoms with van der Waals surface area (Å²) in [7, 11) is 0. The molecule has 0 atom stereocenters. The third kappa shape index (κ3) is 4.03. The van der Waals surface area contributed by atoms with Gasteiger partial charge in [0.25, 0.3) is 0 Å². The Balaban J connectivity index is 2.18. The van der Waals surface area contributed by atoms with Crippen molar-refractivity contribution < 1.29 is 19.0 Å². The van der Waals surface area contributed by atoms with Crippen LogP contribution in [0.4, 0.5) is 4.39 Å². The lowest BCUT2D eigenvalue weighted by Gasteiger charge is -2.13. The number of carboxylic acids is 1. The summed E-state index contributed by atoms with van der Waals surface area (Å²) in [5.74, 6) is -1.71. The summed E-state index contributed by atoms with van der Waals surface area (Å²) >= 11 is 3.38. The van der Waals surface area contributed by atoms with Gasteiger partial charge in [-0.3, -0.25) is 4.79 Å². The zero-order valence-corrected chi connectivity index (χ0v) is 16.1. The van der Waals surface area contributed by atoms with E-state index in [0.717, 1.165) is 16.1 Å². The topological polar surface area (TPSA) is 79.4 Å². The normalized spacial score (nSPS) is 10.9. The predicted molar refractivity (Wildman–Crippen MR) is 104 cm³/mol. The molecular weight excluding hydrogens is 417 g/mol. The number of fused-ring (bicyclic) bond motifs is 1. The highest BCUT2D eigenvalue weighted by molar-refractivity contribution is 9.10. The van der Waals surface area contributed by atoms with Crippen molar-refractivity contribution in [3.8, 4) is 5.75 Å². The van der Waals surface area contributed by atoms with Crippen LogP contribution >= 0.6 is 15.9 Å². The standard InChI is InChI=1S/C20H17BrFNO4/c1-2-15-13(9-11-3-5-12(21)6-4-11)20(26)18-16(27-10-17(24)25)8-7-14(22)19(18)23-15/h3-8H,2,9-10H2,1H3,(H,23,26)(H,24,25). The number of hydrogen-bond acceptors (Lipinski definition) is 3. The number of aliphatic carboxylic acids is 1. The van der Waals surface area contributed by atoms with E-state index in [2.05, 4.69) is 20.9 Å². The zero-order valence-electron chi connectivity index (χ0n) is 14.5. The number of benzene rings is 2. The maximum atomic E-state index is 14.3. The van der Waals surface area contributed by atoms with Gasteiger partial charge in [0.15, 0.2) is 12.0 Å². The van der Waals surface area contributed by atoms with Gasteiger partial charge in [0.05, 0.1) is 10.9 Å². The average molecular weight is 434 g/mol. The number of aromatic nitrogens is 1. The molecule has 2 N–H and O–H groups in total. The molecule has 5 nitrogen and oxygen atoms in total. The fraction of sp³-hybridized carbons (Fsp3) is 0.200. The molecule has 0 aliphatic heterocycles. The van der Waals surface area contributed by atoms with Crippen molar-refractivity contribution in [1.82, 2.24) is 4.98 Å². The molecular formula is C20H17BrFNO4. The Hall–Kier alpha value is -2.67. The molecule has 0 fully saturated rings. The van der Waals surface area contributed by atoms with Crippen molar-refractivity contribution in [1.29, 1.82) is 0 Å². The lowest BCUT2D eigenvalue weighted by Crippen LogP contribution is -2.18. The van der Waals surface area contributed by atoms with Crippen molar-refractivity contribution in [2.75, 3.05) is 6.61 Å². The van der Waals surface area contributed by atoms with E-state index in [4.69, 9.17) is 9.84 Å². The Kier molecular flexibility index (Phi) is 5.60. The molecule has 3 rings (SSSR count). The van der Waals surface area contributed by atoms with Crippen molar-refractivity contribution in [2.45, 2.75) is 19.8 Å². The average Bonchev–Trinajstić information content (AvgIpc) is 2.65. The van der Waals surface area contributed by atoms with Gasteiger partial charge in [-0.1, -0.05) is 35.0 Å². The highest BCUT2D eigenvalue weighted by atomic mass is 79.9. The maximum absolute atomic E-state index is 14.3. The second-order valence-electron chi connectivity index (χ2n) is 6.05. The van der Waals surface area contributed by atoms with Gasteiger partial charge in [0.1, 0.15) is 11.6 Å². The van der Waals surface area contributed by atoms with Gasteiger partial charge in [-0.15, -0.1) is 0 Å². The Labute approximate surface area is 162 Å². The molecule has 7 heteroatoms. The Morgan fingerprint density at radius 1 is 1.22 bits per heavy atom. The van der Waals surface area contributed by atoms with Crippen molar-refractivity contribution in [2.24, 2.45) is 0 Å². The lowest BCUT2D eigenvalue weighted by molar-refractivity contribution is -0.139.